The van der Waals surface area contributed by atoms with Crippen LogP contribution >= 0.6 is 15.9 Å². The Labute approximate surface area is 148 Å². The first-order valence-electron chi connectivity index (χ1n) is 7.29. The van der Waals surface area contributed by atoms with Gasteiger partial charge in [0.2, 0.25) is 5.84 Å². The molecular formula is C18H14BrN5. The number of benzene rings is 2. The second-order valence-corrected chi connectivity index (χ2v) is 5.72. The molecule has 0 radical (unpaired) electrons. The fourth-order valence-corrected chi connectivity index (χ4v) is 2.15. The van der Waals surface area contributed by atoms with Crippen molar-refractivity contribution in [1.29, 1.82) is 0 Å². The fraction of sp³-hybridized carbons (Fsp3) is 0. The number of azo groups is 1. The predicted molar refractivity (Wildman–Crippen MR) is 99.5 cm³/mol. The second kappa shape index (κ2) is 8.12. The molecule has 5 nitrogen and oxygen atoms in total. The van der Waals surface area contributed by atoms with Gasteiger partial charge in [-0.25, -0.2) is 4.98 Å². The van der Waals surface area contributed by atoms with Gasteiger partial charge in [-0.1, -0.05) is 40.2 Å². The molecule has 3 rings (SSSR count). The Morgan fingerprint density at radius 2 is 1.62 bits per heavy atom. The molecule has 0 aliphatic carbocycles. The van der Waals surface area contributed by atoms with Gasteiger partial charge in [0.15, 0.2) is 5.82 Å². The van der Waals surface area contributed by atoms with Crippen LogP contribution in [0.25, 0.3) is 0 Å². The van der Waals surface area contributed by atoms with E-state index in [1.807, 2.05) is 66.7 Å². The Morgan fingerprint density at radius 1 is 0.875 bits per heavy atom. The summed E-state index contributed by atoms with van der Waals surface area (Å²) in [6.07, 6.45) is 1.67. The lowest BCUT2D eigenvalue weighted by Crippen LogP contribution is -2.01. The maximum absolute atomic E-state index is 4.37. The fourth-order valence-electron chi connectivity index (χ4n) is 1.89. The zero-order chi connectivity index (χ0) is 16.6. The van der Waals surface area contributed by atoms with Crippen molar-refractivity contribution in [1.82, 2.24) is 4.98 Å². The van der Waals surface area contributed by atoms with Crippen LogP contribution in [-0.4, -0.2) is 10.8 Å². The highest BCUT2D eigenvalue weighted by molar-refractivity contribution is 9.10. The lowest BCUT2D eigenvalue weighted by atomic mass is 10.2. The summed E-state index contributed by atoms with van der Waals surface area (Å²) >= 11 is 3.43. The molecule has 1 N–H and O–H groups in total. The van der Waals surface area contributed by atoms with E-state index < -0.39 is 0 Å². The average molecular weight is 380 g/mol. The van der Waals surface area contributed by atoms with E-state index >= 15 is 0 Å². The van der Waals surface area contributed by atoms with E-state index in [2.05, 4.69) is 41.7 Å². The Kier molecular flexibility index (Phi) is 5.42. The summed E-state index contributed by atoms with van der Waals surface area (Å²) < 4.78 is 0.989. The summed E-state index contributed by atoms with van der Waals surface area (Å²) in [5, 5.41) is 12.8. The molecule has 0 unspecified atom stereocenters. The summed E-state index contributed by atoms with van der Waals surface area (Å²) in [6, 6.07) is 22.9. The quantitative estimate of drug-likeness (QED) is 0.285. The maximum Gasteiger partial charge on any atom is 0.201 e. The minimum Gasteiger partial charge on any atom is -0.276 e. The molecule has 0 aliphatic heterocycles. The number of nitrogens with one attached hydrogen (secondary N) is 1. The zero-order valence-electron chi connectivity index (χ0n) is 12.7. The first-order chi connectivity index (χ1) is 11.8. The van der Waals surface area contributed by atoms with Crippen LogP contribution in [0.3, 0.4) is 0 Å². The summed E-state index contributed by atoms with van der Waals surface area (Å²) in [5.41, 5.74) is 4.72. The maximum atomic E-state index is 4.37. The number of para-hydroxylation sites is 1. The number of amidine groups is 1. The van der Waals surface area contributed by atoms with Crippen molar-refractivity contribution in [2.24, 2.45) is 15.3 Å². The largest absolute Gasteiger partial charge is 0.276 e. The van der Waals surface area contributed by atoms with Gasteiger partial charge in [-0.3, -0.25) is 5.43 Å². The van der Waals surface area contributed by atoms with E-state index in [1.165, 1.54) is 0 Å². The van der Waals surface area contributed by atoms with Crippen LogP contribution in [0.2, 0.25) is 0 Å². The lowest BCUT2D eigenvalue weighted by Gasteiger charge is -2.03. The standard InChI is InChI=1S/C18H14BrN5/c19-15-11-9-14(10-12-15)18(23-21-16-6-2-1-3-7-16)24-22-17-8-4-5-13-20-17/h1-13,21H. The molecule has 1 aromatic heterocycles. The van der Waals surface area contributed by atoms with Crippen LogP contribution in [0.15, 0.2) is 98.8 Å². The lowest BCUT2D eigenvalue weighted by molar-refractivity contribution is 1.16. The molecule has 0 spiro atoms. The zero-order valence-corrected chi connectivity index (χ0v) is 14.3. The normalized spacial score (nSPS) is 11.6. The van der Waals surface area contributed by atoms with E-state index in [1.54, 1.807) is 12.3 Å². The third-order valence-corrected chi connectivity index (χ3v) is 3.59. The van der Waals surface area contributed by atoms with Crippen LogP contribution < -0.4 is 5.43 Å². The molecule has 0 atom stereocenters. The third kappa shape index (κ3) is 4.57. The summed E-state index contributed by atoms with van der Waals surface area (Å²) in [4.78, 5) is 4.13. The van der Waals surface area contributed by atoms with Crippen LogP contribution in [0.4, 0.5) is 11.5 Å². The molecule has 0 aliphatic rings. The molecule has 0 saturated carbocycles. The molecule has 2 aromatic carbocycles. The summed E-state index contributed by atoms with van der Waals surface area (Å²) in [7, 11) is 0. The van der Waals surface area contributed by atoms with Crippen molar-refractivity contribution in [2.45, 2.75) is 0 Å². The number of hydrazone groups is 1. The Bertz CT molecular complexity index is 830. The monoisotopic (exact) mass is 379 g/mol. The highest BCUT2D eigenvalue weighted by Gasteiger charge is 2.03. The number of hydrogen-bond acceptors (Lipinski definition) is 4. The number of halogens is 1. The molecule has 0 saturated heterocycles. The number of aromatic nitrogens is 1. The molecule has 0 fully saturated rings. The molecule has 3 aromatic rings. The van der Waals surface area contributed by atoms with E-state index in [4.69, 9.17) is 0 Å². The Morgan fingerprint density at radius 3 is 2.33 bits per heavy atom. The summed E-state index contributed by atoms with van der Waals surface area (Å²) in [6.45, 7) is 0. The van der Waals surface area contributed by atoms with Gasteiger partial charge in [-0.05, 0) is 48.5 Å². The molecule has 0 bridgehead atoms. The van der Waals surface area contributed by atoms with Crippen molar-refractivity contribution < 1.29 is 0 Å². The number of hydrogen-bond donors (Lipinski definition) is 1. The number of anilines is 1. The minimum absolute atomic E-state index is 0.469. The number of rotatable bonds is 4. The van der Waals surface area contributed by atoms with Crippen molar-refractivity contribution in [3.63, 3.8) is 0 Å². The van der Waals surface area contributed by atoms with Crippen LogP contribution in [0, 0.1) is 0 Å². The van der Waals surface area contributed by atoms with Gasteiger partial charge >= 0.3 is 0 Å². The van der Waals surface area contributed by atoms with Crippen LogP contribution in [0.5, 0.6) is 0 Å². The summed E-state index contributed by atoms with van der Waals surface area (Å²) in [5.74, 6) is 0.999. The van der Waals surface area contributed by atoms with Gasteiger partial charge < -0.3 is 0 Å². The van der Waals surface area contributed by atoms with Crippen LogP contribution in [-0.2, 0) is 0 Å². The van der Waals surface area contributed by atoms with E-state index in [-0.39, 0.29) is 0 Å². The van der Waals surface area contributed by atoms with Gasteiger partial charge in [0.25, 0.3) is 0 Å². The topological polar surface area (TPSA) is 62.0 Å². The molecular weight excluding hydrogens is 366 g/mol. The van der Waals surface area contributed by atoms with E-state index in [0.29, 0.717) is 11.7 Å². The molecule has 118 valence electrons. The van der Waals surface area contributed by atoms with Crippen molar-refractivity contribution >= 4 is 33.3 Å². The molecule has 1 heterocycles. The molecule has 24 heavy (non-hydrogen) atoms. The van der Waals surface area contributed by atoms with Crippen molar-refractivity contribution in [3.8, 4) is 0 Å². The smallest absolute Gasteiger partial charge is 0.201 e. The number of pyridine rings is 1. The van der Waals surface area contributed by atoms with Crippen molar-refractivity contribution in [3.05, 3.63) is 89.0 Å². The predicted octanol–water partition coefficient (Wildman–Crippen LogP) is 5.40. The molecule has 6 heteroatoms. The molecule has 0 amide bonds. The third-order valence-electron chi connectivity index (χ3n) is 3.06. The Hall–Kier alpha value is -2.86. The van der Waals surface area contributed by atoms with Gasteiger partial charge in [-0.2, -0.15) is 5.10 Å². The SMILES string of the molecule is Brc1ccc(C(N=Nc2ccccn2)=NNc2ccccc2)cc1. The van der Waals surface area contributed by atoms with Gasteiger partial charge in [0, 0.05) is 16.2 Å². The second-order valence-electron chi connectivity index (χ2n) is 4.81. The Balaban J connectivity index is 1.88. The minimum atomic E-state index is 0.469. The van der Waals surface area contributed by atoms with Crippen molar-refractivity contribution in [2.75, 3.05) is 5.43 Å². The highest BCUT2D eigenvalue weighted by atomic mass is 79.9. The van der Waals surface area contributed by atoms with Gasteiger partial charge in [-0.15, -0.1) is 10.2 Å². The first kappa shape index (κ1) is 16.0. The van der Waals surface area contributed by atoms with Crippen LogP contribution in [0.1, 0.15) is 5.56 Å². The van der Waals surface area contributed by atoms with Gasteiger partial charge in [0.1, 0.15) is 0 Å². The van der Waals surface area contributed by atoms with E-state index in [0.717, 1.165) is 15.7 Å². The van der Waals surface area contributed by atoms with E-state index in [9.17, 15) is 0 Å². The average Bonchev–Trinajstić information content (AvgIpc) is 2.64. The van der Waals surface area contributed by atoms with Gasteiger partial charge in [0.05, 0.1) is 5.69 Å². The highest BCUT2D eigenvalue weighted by Crippen LogP contribution is 2.14. The number of nitrogens with zero attached hydrogens (tertiary/aromatic N) is 4. The first-order valence-corrected chi connectivity index (χ1v) is 8.08.